The van der Waals surface area contributed by atoms with Gasteiger partial charge < -0.3 is 14.4 Å². The smallest absolute Gasteiger partial charge is 0.341 e. The van der Waals surface area contributed by atoms with Crippen LogP contribution in [-0.2, 0) is 19.4 Å². The molecule has 0 spiro atoms. The molecule has 0 saturated carbocycles. The minimum absolute atomic E-state index is 0.0291. The number of amides is 1. The van der Waals surface area contributed by atoms with Gasteiger partial charge in [-0.25, -0.2) is 13.2 Å². The molecule has 1 aliphatic heterocycles. The van der Waals surface area contributed by atoms with Gasteiger partial charge in [-0.3, -0.25) is 4.79 Å². The van der Waals surface area contributed by atoms with Crippen molar-refractivity contribution >= 4 is 32.5 Å². The van der Waals surface area contributed by atoms with Crippen molar-refractivity contribution in [3.8, 4) is 5.75 Å². The maximum Gasteiger partial charge on any atom is 0.341 e. The molecular weight excluding hydrogens is 370 g/mol. The van der Waals surface area contributed by atoms with Crippen LogP contribution in [0.1, 0.15) is 16.8 Å². The van der Waals surface area contributed by atoms with Crippen LogP contribution in [0, 0.1) is 0 Å². The third kappa shape index (κ3) is 4.21. The zero-order valence-corrected chi connectivity index (χ0v) is 16.0. The Bertz CT molecular complexity index is 985. The molecule has 1 fully saturated rings. The number of carbonyl (C=O) groups is 2. The monoisotopic (exact) mass is 391 g/mol. The molecule has 0 aromatic heterocycles. The van der Waals surface area contributed by atoms with Crippen molar-refractivity contribution in [2.24, 2.45) is 0 Å². The predicted octanol–water partition coefficient (Wildman–Crippen LogP) is 1.65. The molecule has 0 unspecified atom stereocenters. The Morgan fingerprint density at radius 1 is 1.19 bits per heavy atom. The summed E-state index contributed by atoms with van der Waals surface area (Å²) in [5, 5.41) is 1.72. The van der Waals surface area contributed by atoms with E-state index in [1.165, 1.54) is 12.0 Å². The van der Waals surface area contributed by atoms with Gasteiger partial charge in [0, 0.05) is 13.1 Å². The molecule has 3 rings (SSSR count). The third-order valence-electron chi connectivity index (χ3n) is 4.75. The Kier molecular flexibility index (Phi) is 5.36. The summed E-state index contributed by atoms with van der Waals surface area (Å²) in [6.07, 6.45) is 0.425. The molecule has 0 aliphatic carbocycles. The topological polar surface area (TPSA) is 90.0 Å². The van der Waals surface area contributed by atoms with E-state index in [0.29, 0.717) is 6.42 Å². The van der Waals surface area contributed by atoms with Crippen LogP contribution in [0.2, 0.25) is 0 Å². The second kappa shape index (κ2) is 7.56. The number of methoxy groups -OCH3 is 1. The second-order valence-corrected chi connectivity index (χ2v) is 8.77. The zero-order valence-electron chi connectivity index (χ0n) is 15.2. The highest BCUT2D eigenvalue weighted by Crippen LogP contribution is 2.27. The molecule has 2 aromatic rings. The van der Waals surface area contributed by atoms with E-state index in [4.69, 9.17) is 9.47 Å². The number of ether oxygens (including phenoxy) is 2. The number of likely N-dealkylation sites (N-methyl/N-ethyl adjacent to an activating group) is 1. The fourth-order valence-electron chi connectivity index (χ4n) is 3.13. The van der Waals surface area contributed by atoms with Crippen LogP contribution in [0.3, 0.4) is 0 Å². The Hall–Kier alpha value is -2.61. The molecule has 1 atom stereocenters. The molecule has 1 saturated heterocycles. The lowest BCUT2D eigenvalue weighted by molar-refractivity contribution is -0.133. The minimum Gasteiger partial charge on any atom is -0.483 e. The first-order valence-electron chi connectivity index (χ1n) is 8.51. The molecule has 1 heterocycles. The van der Waals surface area contributed by atoms with E-state index in [0.717, 1.165) is 10.8 Å². The van der Waals surface area contributed by atoms with Gasteiger partial charge in [-0.2, -0.15) is 0 Å². The van der Waals surface area contributed by atoms with Crippen LogP contribution in [-0.4, -0.2) is 63.5 Å². The number of esters is 1. The summed E-state index contributed by atoms with van der Waals surface area (Å²) in [4.78, 5) is 25.9. The Morgan fingerprint density at radius 3 is 2.44 bits per heavy atom. The number of benzene rings is 2. The highest BCUT2D eigenvalue weighted by atomic mass is 32.2. The average Bonchev–Trinajstić information content (AvgIpc) is 3.03. The summed E-state index contributed by atoms with van der Waals surface area (Å²) < 4.78 is 33.6. The van der Waals surface area contributed by atoms with E-state index in [-0.39, 0.29) is 41.4 Å². The first-order valence-corrected chi connectivity index (χ1v) is 10.3. The zero-order chi connectivity index (χ0) is 19.6. The lowest BCUT2D eigenvalue weighted by atomic mass is 10.1. The Labute approximate surface area is 157 Å². The number of carbonyl (C=O) groups excluding carboxylic acids is 2. The van der Waals surface area contributed by atoms with E-state index in [9.17, 15) is 18.0 Å². The van der Waals surface area contributed by atoms with E-state index in [1.807, 2.05) is 24.3 Å². The van der Waals surface area contributed by atoms with Gasteiger partial charge in [0.1, 0.15) is 11.3 Å². The van der Waals surface area contributed by atoms with Crippen LogP contribution < -0.4 is 4.74 Å². The van der Waals surface area contributed by atoms with Gasteiger partial charge in [-0.15, -0.1) is 0 Å². The van der Waals surface area contributed by atoms with Crippen molar-refractivity contribution in [2.45, 2.75) is 12.5 Å². The van der Waals surface area contributed by atoms with E-state index >= 15 is 0 Å². The lowest BCUT2D eigenvalue weighted by Gasteiger charge is -2.23. The van der Waals surface area contributed by atoms with Crippen molar-refractivity contribution < 1.29 is 27.5 Å². The Balaban J connectivity index is 1.77. The highest BCUT2D eigenvalue weighted by molar-refractivity contribution is 7.91. The molecule has 0 bridgehead atoms. The molecule has 2 aromatic carbocycles. The van der Waals surface area contributed by atoms with Gasteiger partial charge >= 0.3 is 5.97 Å². The van der Waals surface area contributed by atoms with Gasteiger partial charge in [0.25, 0.3) is 5.91 Å². The van der Waals surface area contributed by atoms with Crippen LogP contribution >= 0.6 is 0 Å². The molecule has 0 radical (unpaired) electrons. The minimum atomic E-state index is -3.08. The predicted molar refractivity (Wildman–Crippen MR) is 101 cm³/mol. The van der Waals surface area contributed by atoms with Crippen molar-refractivity contribution in [1.82, 2.24) is 4.90 Å². The maximum absolute atomic E-state index is 12.4. The number of fused-ring (bicyclic) bond motifs is 1. The summed E-state index contributed by atoms with van der Waals surface area (Å²) in [7, 11) is -0.236. The molecule has 144 valence electrons. The number of nitrogens with zero attached hydrogens (tertiary/aromatic N) is 1. The van der Waals surface area contributed by atoms with Gasteiger partial charge in [0.2, 0.25) is 0 Å². The molecular formula is C19H21NO6S. The van der Waals surface area contributed by atoms with Crippen molar-refractivity contribution in [2.75, 3.05) is 32.3 Å². The number of hydrogen-bond donors (Lipinski definition) is 0. The summed E-state index contributed by atoms with van der Waals surface area (Å²) >= 11 is 0. The molecule has 27 heavy (non-hydrogen) atoms. The first-order chi connectivity index (χ1) is 12.8. The normalized spacial score (nSPS) is 18.2. The molecule has 1 amide bonds. The third-order valence-corrected chi connectivity index (χ3v) is 6.50. The number of sulfone groups is 1. The number of hydrogen-bond acceptors (Lipinski definition) is 6. The summed E-state index contributed by atoms with van der Waals surface area (Å²) in [6.45, 7) is -0.296. The largest absolute Gasteiger partial charge is 0.483 e. The number of rotatable bonds is 5. The average molecular weight is 391 g/mol. The van der Waals surface area contributed by atoms with Crippen LogP contribution in [0.15, 0.2) is 36.4 Å². The van der Waals surface area contributed by atoms with Gasteiger partial charge in [-0.1, -0.05) is 24.3 Å². The quantitative estimate of drug-likeness (QED) is 0.720. The SMILES string of the molecule is COC(=O)c1cc2ccccc2cc1OCC(=O)N(C)[C@H]1CCS(=O)(=O)C1. The van der Waals surface area contributed by atoms with Crippen LogP contribution in [0.4, 0.5) is 0 Å². The summed E-state index contributed by atoms with van der Waals surface area (Å²) in [6, 6.07) is 10.5. The van der Waals surface area contributed by atoms with E-state index in [1.54, 1.807) is 19.2 Å². The molecule has 8 heteroatoms. The van der Waals surface area contributed by atoms with Crippen molar-refractivity contribution in [3.05, 3.63) is 42.0 Å². The lowest BCUT2D eigenvalue weighted by Crippen LogP contribution is -2.40. The molecule has 0 N–H and O–H groups in total. The summed E-state index contributed by atoms with van der Waals surface area (Å²) in [5.41, 5.74) is 0.232. The fraction of sp³-hybridized carbons (Fsp3) is 0.368. The molecule has 1 aliphatic rings. The van der Waals surface area contributed by atoms with Gasteiger partial charge in [0.05, 0.1) is 18.6 Å². The second-order valence-electron chi connectivity index (χ2n) is 6.54. The van der Waals surface area contributed by atoms with E-state index < -0.39 is 15.8 Å². The van der Waals surface area contributed by atoms with Crippen molar-refractivity contribution in [3.63, 3.8) is 0 Å². The fourth-order valence-corrected chi connectivity index (χ4v) is 4.91. The Morgan fingerprint density at radius 2 is 1.85 bits per heavy atom. The first kappa shape index (κ1) is 19.2. The summed E-state index contributed by atoms with van der Waals surface area (Å²) in [5.74, 6) is -0.591. The highest BCUT2D eigenvalue weighted by Gasteiger charge is 2.32. The van der Waals surface area contributed by atoms with Crippen molar-refractivity contribution in [1.29, 1.82) is 0 Å². The standard InChI is InChI=1S/C19H21NO6S/c1-20(15-7-8-27(23,24)12-15)18(21)11-26-17-10-14-6-4-3-5-13(14)9-16(17)19(22)25-2/h3-6,9-10,15H,7-8,11-12H2,1-2H3/t15-/m0/s1. The van der Waals surface area contributed by atoms with Gasteiger partial charge in [-0.05, 0) is 29.3 Å². The molecule has 7 nitrogen and oxygen atoms in total. The van der Waals surface area contributed by atoms with E-state index in [2.05, 4.69) is 0 Å². The van der Waals surface area contributed by atoms with Crippen LogP contribution in [0.5, 0.6) is 5.75 Å². The van der Waals surface area contributed by atoms with Crippen LogP contribution in [0.25, 0.3) is 10.8 Å². The maximum atomic E-state index is 12.4. The van der Waals surface area contributed by atoms with Gasteiger partial charge in [0.15, 0.2) is 16.4 Å².